The molecule has 0 spiro atoms. The molecule has 0 aliphatic carbocycles. The van der Waals surface area contributed by atoms with Crippen LogP contribution in [0.1, 0.15) is 46.1 Å². The van der Waals surface area contributed by atoms with E-state index in [2.05, 4.69) is 9.97 Å². The zero-order valence-electron chi connectivity index (χ0n) is 15.7. The highest BCUT2D eigenvalue weighted by molar-refractivity contribution is 7.98. The molecule has 4 rings (SSSR count). The lowest BCUT2D eigenvalue weighted by atomic mass is 9.92. The largest absolute Gasteiger partial charge is 0.459 e. The van der Waals surface area contributed by atoms with E-state index < -0.39 is 0 Å². The van der Waals surface area contributed by atoms with Gasteiger partial charge in [-0.15, -0.1) is 0 Å². The van der Waals surface area contributed by atoms with Gasteiger partial charge in [0.1, 0.15) is 0 Å². The van der Waals surface area contributed by atoms with E-state index >= 15 is 0 Å². The number of aryl methyl sites for hydroxylation is 1. The number of nitrogens with zero attached hydrogens (tertiary/aromatic N) is 4. The van der Waals surface area contributed by atoms with Gasteiger partial charge in [-0.2, -0.15) is 0 Å². The second kappa shape index (κ2) is 8.56. The summed E-state index contributed by atoms with van der Waals surface area (Å²) in [5, 5.41) is 0.763. The summed E-state index contributed by atoms with van der Waals surface area (Å²) in [6, 6.07) is 7.45. The van der Waals surface area contributed by atoms with Crippen molar-refractivity contribution < 1.29 is 9.21 Å². The average molecular weight is 395 g/mol. The van der Waals surface area contributed by atoms with E-state index in [-0.39, 0.29) is 11.8 Å². The number of amides is 1. The summed E-state index contributed by atoms with van der Waals surface area (Å²) >= 11 is 1.61. The maximum absolute atomic E-state index is 12.6. The van der Waals surface area contributed by atoms with Crippen LogP contribution in [0, 0.1) is 6.92 Å². The summed E-state index contributed by atoms with van der Waals surface area (Å²) in [5.41, 5.74) is 3.26. The predicted molar refractivity (Wildman–Crippen MR) is 107 cm³/mol. The normalized spacial score (nSPS) is 16.9. The van der Waals surface area contributed by atoms with E-state index in [4.69, 9.17) is 9.40 Å². The van der Waals surface area contributed by atoms with Crippen molar-refractivity contribution in [3.05, 3.63) is 71.7 Å². The lowest BCUT2D eigenvalue weighted by molar-refractivity contribution is 0.0673. The van der Waals surface area contributed by atoms with E-state index in [0.29, 0.717) is 12.3 Å². The lowest BCUT2D eigenvalue weighted by Crippen LogP contribution is -2.39. The molecule has 1 amide bonds. The molecule has 0 saturated carbocycles. The first-order chi connectivity index (χ1) is 13.7. The molecular formula is C21H22N4O2S. The molecule has 1 atom stereocenters. The molecule has 3 aromatic rings. The molecule has 6 nitrogen and oxygen atoms in total. The van der Waals surface area contributed by atoms with Gasteiger partial charge in [0, 0.05) is 43.4 Å². The van der Waals surface area contributed by atoms with Crippen molar-refractivity contribution in [2.75, 3.05) is 13.1 Å². The van der Waals surface area contributed by atoms with Crippen molar-refractivity contribution >= 4 is 17.7 Å². The number of aromatic nitrogens is 3. The Morgan fingerprint density at radius 2 is 2.25 bits per heavy atom. The predicted octanol–water partition coefficient (Wildman–Crippen LogP) is 4.09. The maximum Gasteiger partial charge on any atom is 0.289 e. The zero-order chi connectivity index (χ0) is 19.3. The second-order valence-corrected chi connectivity index (χ2v) is 7.88. The molecule has 144 valence electrons. The van der Waals surface area contributed by atoms with E-state index in [9.17, 15) is 4.79 Å². The third kappa shape index (κ3) is 4.25. The van der Waals surface area contributed by atoms with Crippen molar-refractivity contribution in [3.8, 4) is 0 Å². The topological polar surface area (TPSA) is 72.1 Å². The molecule has 4 heterocycles. The van der Waals surface area contributed by atoms with Crippen LogP contribution in [0.15, 0.2) is 58.7 Å². The molecule has 0 N–H and O–H groups in total. The molecule has 1 unspecified atom stereocenters. The zero-order valence-corrected chi connectivity index (χ0v) is 16.6. The Morgan fingerprint density at radius 1 is 1.32 bits per heavy atom. The fourth-order valence-electron chi connectivity index (χ4n) is 3.49. The van der Waals surface area contributed by atoms with Crippen LogP contribution in [0.5, 0.6) is 0 Å². The Balaban J connectivity index is 1.47. The third-order valence-electron chi connectivity index (χ3n) is 4.91. The monoisotopic (exact) mass is 394 g/mol. The van der Waals surface area contributed by atoms with Crippen molar-refractivity contribution in [3.63, 3.8) is 0 Å². The molecule has 3 aromatic heterocycles. The van der Waals surface area contributed by atoms with Crippen LogP contribution >= 0.6 is 11.8 Å². The average Bonchev–Trinajstić information content (AvgIpc) is 3.28. The van der Waals surface area contributed by atoms with Gasteiger partial charge in [-0.25, -0.2) is 9.97 Å². The second-order valence-electron chi connectivity index (χ2n) is 6.94. The van der Waals surface area contributed by atoms with Crippen LogP contribution in [0.4, 0.5) is 0 Å². The van der Waals surface area contributed by atoms with Crippen LogP contribution in [0.2, 0.25) is 0 Å². The Bertz CT molecular complexity index is 931. The standard InChI is InChI=1S/C21H22N4O2S/c1-15-11-23-21(28-14-16-5-2-8-22-12-16)24-19(15)17-6-3-9-25(13-17)20(26)18-7-4-10-27-18/h2,4-5,7-8,10-12,17H,3,6,9,13-14H2,1H3. The Morgan fingerprint density at radius 3 is 3.04 bits per heavy atom. The van der Waals surface area contributed by atoms with Gasteiger partial charge in [0.2, 0.25) is 0 Å². The number of hydrogen-bond acceptors (Lipinski definition) is 6. The number of carbonyl (C=O) groups excluding carboxylic acids is 1. The van der Waals surface area contributed by atoms with Crippen LogP contribution in [-0.2, 0) is 5.75 Å². The summed E-state index contributed by atoms with van der Waals surface area (Å²) in [7, 11) is 0. The minimum atomic E-state index is -0.0485. The van der Waals surface area contributed by atoms with Crippen molar-refractivity contribution in [2.45, 2.75) is 36.6 Å². The van der Waals surface area contributed by atoms with E-state index in [1.807, 2.05) is 36.4 Å². The van der Waals surface area contributed by atoms with Gasteiger partial charge < -0.3 is 9.32 Å². The maximum atomic E-state index is 12.6. The third-order valence-corrected chi connectivity index (χ3v) is 5.84. The van der Waals surface area contributed by atoms with Gasteiger partial charge in [-0.1, -0.05) is 17.8 Å². The molecule has 1 fully saturated rings. The molecule has 0 radical (unpaired) electrons. The van der Waals surface area contributed by atoms with Gasteiger partial charge in [-0.3, -0.25) is 9.78 Å². The van der Waals surface area contributed by atoms with Gasteiger partial charge in [0.05, 0.1) is 12.0 Å². The summed E-state index contributed by atoms with van der Waals surface area (Å²) in [6.07, 6.45) is 9.04. The summed E-state index contributed by atoms with van der Waals surface area (Å²) < 4.78 is 5.28. The van der Waals surface area contributed by atoms with E-state index in [1.54, 1.807) is 30.1 Å². The number of rotatable bonds is 5. The smallest absolute Gasteiger partial charge is 0.289 e. The van der Waals surface area contributed by atoms with Crippen LogP contribution in [0.3, 0.4) is 0 Å². The highest BCUT2D eigenvalue weighted by Gasteiger charge is 2.28. The fourth-order valence-corrected chi connectivity index (χ4v) is 4.25. The number of thioether (sulfide) groups is 1. The Kier molecular flexibility index (Phi) is 5.71. The molecule has 1 aliphatic rings. The van der Waals surface area contributed by atoms with E-state index in [1.165, 1.54) is 6.26 Å². The minimum absolute atomic E-state index is 0.0485. The minimum Gasteiger partial charge on any atom is -0.459 e. The highest BCUT2D eigenvalue weighted by atomic mass is 32.2. The number of pyridine rings is 1. The van der Waals surface area contributed by atoms with Gasteiger partial charge in [0.15, 0.2) is 10.9 Å². The summed E-state index contributed by atoms with van der Waals surface area (Å²) in [4.78, 5) is 28.0. The molecule has 0 aromatic carbocycles. The number of furan rings is 1. The quantitative estimate of drug-likeness (QED) is 0.479. The number of carbonyl (C=O) groups is 1. The SMILES string of the molecule is Cc1cnc(SCc2cccnc2)nc1C1CCCN(C(=O)c2ccco2)C1. The fraction of sp³-hybridized carbons (Fsp3) is 0.333. The molecule has 7 heteroatoms. The number of hydrogen-bond donors (Lipinski definition) is 0. The molecular weight excluding hydrogens is 372 g/mol. The molecule has 1 aliphatic heterocycles. The van der Waals surface area contributed by atoms with Crippen LogP contribution in [0.25, 0.3) is 0 Å². The lowest BCUT2D eigenvalue weighted by Gasteiger charge is -2.32. The van der Waals surface area contributed by atoms with Crippen molar-refractivity contribution in [2.24, 2.45) is 0 Å². The summed E-state index contributed by atoms with van der Waals surface area (Å²) in [5.74, 6) is 1.35. The van der Waals surface area contributed by atoms with Crippen molar-refractivity contribution in [1.29, 1.82) is 0 Å². The summed E-state index contributed by atoms with van der Waals surface area (Å²) in [6.45, 7) is 3.45. The Labute approximate surface area is 168 Å². The van der Waals surface area contributed by atoms with Gasteiger partial charge in [-0.05, 0) is 49.1 Å². The van der Waals surface area contributed by atoms with Gasteiger partial charge >= 0.3 is 0 Å². The number of piperidine rings is 1. The number of likely N-dealkylation sites (tertiary alicyclic amines) is 1. The van der Waals surface area contributed by atoms with Crippen molar-refractivity contribution in [1.82, 2.24) is 19.9 Å². The van der Waals surface area contributed by atoms with E-state index in [0.717, 1.165) is 47.1 Å². The molecule has 28 heavy (non-hydrogen) atoms. The van der Waals surface area contributed by atoms with Crippen LogP contribution in [-0.4, -0.2) is 38.8 Å². The van der Waals surface area contributed by atoms with Gasteiger partial charge in [0.25, 0.3) is 5.91 Å². The van der Waals surface area contributed by atoms with Crippen LogP contribution < -0.4 is 0 Å². The first-order valence-electron chi connectivity index (χ1n) is 9.38. The first kappa shape index (κ1) is 18.7. The molecule has 0 bridgehead atoms. The highest BCUT2D eigenvalue weighted by Crippen LogP contribution is 2.30. The Hall–Kier alpha value is -2.67. The molecule has 1 saturated heterocycles. The first-order valence-corrected chi connectivity index (χ1v) is 10.4.